The van der Waals surface area contributed by atoms with Crippen LogP contribution in [0.5, 0.6) is 0 Å². The van der Waals surface area contributed by atoms with Crippen molar-refractivity contribution in [2.75, 3.05) is 18.8 Å². The minimum atomic E-state index is 0.453. The van der Waals surface area contributed by atoms with Gasteiger partial charge in [-0.15, -0.1) is 0 Å². The second-order valence-electron chi connectivity index (χ2n) is 6.81. The fourth-order valence-corrected chi connectivity index (χ4v) is 3.72. The maximum atomic E-state index is 2.55. The van der Waals surface area contributed by atoms with Crippen LogP contribution in [0.25, 0.3) is 0 Å². The molecule has 2 heteroatoms. The summed E-state index contributed by atoms with van der Waals surface area (Å²) in [6, 6.07) is 0. The van der Waals surface area contributed by atoms with Gasteiger partial charge in [0.25, 0.3) is 0 Å². The number of hydrogen-bond acceptors (Lipinski definition) is 2. The molecule has 0 amide bonds. The molecule has 0 saturated carbocycles. The van der Waals surface area contributed by atoms with Crippen LogP contribution in [0.2, 0.25) is 0 Å². The Bertz CT molecular complexity index is 188. The molecule has 1 heterocycles. The molecule has 0 bridgehead atoms. The first kappa shape index (κ1) is 17.3. The van der Waals surface area contributed by atoms with Gasteiger partial charge in [0.2, 0.25) is 0 Å². The molecule has 1 aliphatic heterocycles. The number of hydrogen-bond donors (Lipinski definition) is 0. The van der Waals surface area contributed by atoms with E-state index >= 15 is 0 Å². The van der Waals surface area contributed by atoms with E-state index < -0.39 is 0 Å². The highest BCUT2D eigenvalue weighted by atomic mass is 32.2. The van der Waals surface area contributed by atoms with E-state index in [1.165, 1.54) is 38.1 Å². The van der Waals surface area contributed by atoms with Gasteiger partial charge in [-0.05, 0) is 30.1 Å². The zero-order valence-corrected chi connectivity index (χ0v) is 13.9. The zero-order valence-electron chi connectivity index (χ0n) is 13.1. The third-order valence-corrected chi connectivity index (χ3v) is 4.35. The minimum Gasteiger partial charge on any atom is -0.251 e. The molecule has 0 aromatic heterocycles. The van der Waals surface area contributed by atoms with Crippen molar-refractivity contribution in [3.8, 4) is 0 Å². The van der Waals surface area contributed by atoms with E-state index in [0.717, 1.165) is 0 Å². The minimum absolute atomic E-state index is 0.453. The Morgan fingerprint density at radius 3 is 1.82 bits per heavy atom. The molecule has 1 rings (SSSR count). The van der Waals surface area contributed by atoms with Crippen LogP contribution in [0.15, 0.2) is 0 Å². The van der Waals surface area contributed by atoms with Crippen LogP contribution in [0.4, 0.5) is 0 Å². The molecule has 1 saturated heterocycles. The molecule has 17 heavy (non-hydrogen) atoms. The van der Waals surface area contributed by atoms with Crippen molar-refractivity contribution < 1.29 is 0 Å². The third-order valence-electron chi connectivity index (χ3n) is 2.71. The fourth-order valence-electron chi connectivity index (χ4n) is 2.57. The standard InChI is InChI=1S/C13H27NS.C2H6/c1-12(2,3)10-13(4,5)11-15-14-8-6-7-9-14;1-2/h6-11H2,1-5H3;1-2H3. The largest absolute Gasteiger partial charge is 0.251 e. The molecule has 0 N–H and O–H groups in total. The lowest BCUT2D eigenvalue weighted by Crippen LogP contribution is -2.25. The van der Waals surface area contributed by atoms with E-state index in [0.29, 0.717) is 10.8 Å². The molecular weight excluding hydrogens is 226 g/mol. The summed E-state index contributed by atoms with van der Waals surface area (Å²) in [6.07, 6.45) is 4.10. The highest BCUT2D eigenvalue weighted by Crippen LogP contribution is 2.36. The lowest BCUT2D eigenvalue weighted by atomic mass is 9.77. The summed E-state index contributed by atoms with van der Waals surface area (Å²) in [7, 11) is 0. The summed E-state index contributed by atoms with van der Waals surface area (Å²) in [6.45, 7) is 18.4. The molecule has 0 spiro atoms. The van der Waals surface area contributed by atoms with Crippen molar-refractivity contribution in [1.29, 1.82) is 0 Å². The molecule has 0 aromatic carbocycles. The molecule has 1 fully saturated rings. The summed E-state index contributed by atoms with van der Waals surface area (Å²) < 4.78 is 2.55. The maximum absolute atomic E-state index is 2.55. The fraction of sp³-hybridized carbons (Fsp3) is 1.00. The van der Waals surface area contributed by atoms with Gasteiger partial charge in [0.15, 0.2) is 0 Å². The van der Waals surface area contributed by atoms with E-state index in [-0.39, 0.29) is 0 Å². The Balaban J connectivity index is 0.00000121. The summed E-state index contributed by atoms with van der Waals surface area (Å²) in [5.74, 6) is 1.27. The summed E-state index contributed by atoms with van der Waals surface area (Å²) in [5, 5.41) is 0. The monoisotopic (exact) mass is 259 g/mol. The maximum Gasteiger partial charge on any atom is 0.0132 e. The molecule has 0 unspecified atom stereocenters. The molecule has 0 atom stereocenters. The quantitative estimate of drug-likeness (QED) is 0.637. The Morgan fingerprint density at radius 2 is 1.41 bits per heavy atom. The van der Waals surface area contributed by atoms with Gasteiger partial charge < -0.3 is 0 Å². The smallest absolute Gasteiger partial charge is 0.0132 e. The van der Waals surface area contributed by atoms with Crippen LogP contribution in [0.1, 0.15) is 67.7 Å². The topological polar surface area (TPSA) is 3.24 Å². The normalized spacial score (nSPS) is 17.8. The lowest BCUT2D eigenvalue weighted by molar-refractivity contribution is 0.237. The van der Waals surface area contributed by atoms with Crippen molar-refractivity contribution >= 4 is 11.9 Å². The highest BCUT2D eigenvalue weighted by molar-refractivity contribution is 7.97. The average Bonchev–Trinajstić information content (AvgIpc) is 2.67. The summed E-state index contributed by atoms with van der Waals surface area (Å²) in [5.41, 5.74) is 0.917. The Labute approximate surface area is 114 Å². The van der Waals surface area contributed by atoms with Gasteiger partial charge in [0.05, 0.1) is 0 Å². The number of nitrogens with zero attached hydrogens (tertiary/aromatic N) is 1. The van der Waals surface area contributed by atoms with Crippen LogP contribution in [-0.2, 0) is 0 Å². The van der Waals surface area contributed by atoms with Crippen molar-refractivity contribution in [3.05, 3.63) is 0 Å². The van der Waals surface area contributed by atoms with E-state index in [9.17, 15) is 0 Å². The van der Waals surface area contributed by atoms with Crippen molar-refractivity contribution in [3.63, 3.8) is 0 Å². The average molecular weight is 260 g/mol. The van der Waals surface area contributed by atoms with Gasteiger partial charge in [0, 0.05) is 18.8 Å². The van der Waals surface area contributed by atoms with E-state index in [2.05, 4.69) is 50.9 Å². The summed E-state index contributed by atoms with van der Waals surface area (Å²) in [4.78, 5) is 0. The van der Waals surface area contributed by atoms with E-state index in [1.54, 1.807) is 0 Å². The first-order valence-corrected chi connectivity index (χ1v) is 8.11. The Hall–Kier alpha value is 0.310. The van der Waals surface area contributed by atoms with Gasteiger partial charge >= 0.3 is 0 Å². The van der Waals surface area contributed by atoms with Crippen molar-refractivity contribution in [2.24, 2.45) is 10.8 Å². The van der Waals surface area contributed by atoms with E-state index in [1.807, 2.05) is 13.8 Å². The van der Waals surface area contributed by atoms with E-state index in [4.69, 9.17) is 0 Å². The predicted octanol–water partition coefficient (Wildman–Crippen LogP) is 5.22. The number of rotatable bonds is 4. The van der Waals surface area contributed by atoms with Gasteiger partial charge in [-0.3, -0.25) is 4.31 Å². The second kappa shape index (κ2) is 7.68. The van der Waals surface area contributed by atoms with Crippen LogP contribution in [0.3, 0.4) is 0 Å². The van der Waals surface area contributed by atoms with Gasteiger partial charge in [-0.1, -0.05) is 60.4 Å². The molecular formula is C15H33NS. The molecule has 0 aromatic rings. The van der Waals surface area contributed by atoms with Gasteiger partial charge in [-0.25, -0.2) is 0 Å². The molecule has 0 aliphatic carbocycles. The first-order chi connectivity index (χ1) is 7.79. The Morgan fingerprint density at radius 1 is 0.941 bits per heavy atom. The summed E-state index contributed by atoms with van der Waals surface area (Å²) >= 11 is 2.06. The molecule has 1 aliphatic rings. The van der Waals surface area contributed by atoms with Gasteiger partial charge in [0.1, 0.15) is 0 Å². The SMILES string of the molecule is CC.CC(C)(C)CC(C)(C)CSN1CCCC1. The highest BCUT2D eigenvalue weighted by Gasteiger charge is 2.26. The van der Waals surface area contributed by atoms with Crippen molar-refractivity contribution in [1.82, 2.24) is 4.31 Å². The van der Waals surface area contributed by atoms with Crippen LogP contribution in [0, 0.1) is 10.8 Å². The molecule has 104 valence electrons. The lowest BCUT2D eigenvalue weighted by Gasteiger charge is -2.33. The predicted molar refractivity (Wildman–Crippen MR) is 82.5 cm³/mol. The van der Waals surface area contributed by atoms with Crippen LogP contribution < -0.4 is 0 Å². The molecule has 1 nitrogen and oxygen atoms in total. The third kappa shape index (κ3) is 8.96. The van der Waals surface area contributed by atoms with Crippen LogP contribution in [-0.4, -0.2) is 23.1 Å². The van der Waals surface area contributed by atoms with Crippen molar-refractivity contribution in [2.45, 2.75) is 67.7 Å². The first-order valence-electron chi connectivity index (χ1n) is 7.16. The molecule has 0 radical (unpaired) electrons. The Kier molecular flexibility index (Phi) is 7.82. The second-order valence-corrected chi connectivity index (χ2v) is 7.87. The van der Waals surface area contributed by atoms with Crippen LogP contribution >= 0.6 is 11.9 Å². The zero-order chi connectivity index (χ0) is 13.5. The van der Waals surface area contributed by atoms with Gasteiger partial charge in [-0.2, -0.15) is 0 Å².